The van der Waals surface area contributed by atoms with E-state index < -0.39 is 0 Å². The fourth-order valence-corrected chi connectivity index (χ4v) is 3.39. The van der Waals surface area contributed by atoms with Crippen LogP contribution in [0.1, 0.15) is 5.69 Å². The molecule has 6 heteroatoms. The summed E-state index contributed by atoms with van der Waals surface area (Å²) >= 11 is 1.71. The Balaban J connectivity index is 1.64. The van der Waals surface area contributed by atoms with Gasteiger partial charge in [-0.3, -0.25) is 9.67 Å². The van der Waals surface area contributed by atoms with Gasteiger partial charge in [0, 0.05) is 36.6 Å². The van der Waals surface area contributed by atoms with Crippen LogP contribution >= 0.6 is 11.3 Å². The summed E-state index contributed by atoms with van der Waals surface area (Å²) in [5.74, 6) is 0.858. The van der Waals surface area contributed by atoms with Gasteiger partial charge < -0.3 is 5.32 Å². The van der Waals surface area contributed by atoms with Gasteiger partial charge in [-0.2, -0.15) is 5.10 Å². The normalized spacial score (nSPS) is 11.0. The van der Waals surface area contributed by atoms with Crippen molar-refractivity contribution in [2.45, 2.75) is 6.54 Å². The van der Waals surface area contributed by atoms with E-state index in [0.717, 1.165) is 28.2 Å². The molecule has 0 atom stereocenters. The van der Waals surface area contributed by atoms with Gasteiger partial charge in [0.2, 0.25) is 0 Å². The highest BCUT2D eigenvalue weighted by Gasteiger charge is 2.09. The maximum absolute atomic E-state index is 4.78. The molecule has 5 nitrogen and oxygen atoms in total. The van der Waals surface area contributed by atoms with Gasteiger partial charge in [0.05, 0.1) is 22.5 Å². The molecular weight excluding hydrogens is 306 g/mol. The molecule has 0 saturated carbocycles. The Morgan fingerprint density at radius 1 is 1.13 bits per heavy atom. The van der Waals surface area contributed by atoms with E-state index in [-0.39, 0.29) is 0 Å². The number of pyridine rings is 2. The van der Waals surface area contributed by atoms with Crippen LogP contribution in [0.25, 0.3) is 21.3 Å². The largest absolute Gasteiger partial charge is 0.364 e. The number of hydrogen-bond acceptors (Lipinski definition) is 5. The van der Waals surface area contributed by atoms with Crippen molar-refractivity contribution < 1.29 is 0 Å². The first-order valence-electron chi connectivity index (χ1n) is 7.30. The van der Waals surface area contributed by atoms with E-state index in [1.165, 1.54) is 4.70 Å². The number of nitrogens with one attached hydrogen (secondary N) is 1. The SMILES string of the molecule is Cn1ccc(CNc2ccc3scc(-c4ccncc4)c3n2)n1. The van der Waals surface area contributed by atoms with Gasteiger partial charge in [0.1, 0.15) is 5.82 Å². The first-order valence-corrected chi connectivity index (χ1v) is 8.18. The van der Waals surface area contributed by atoms with E-state index in [2.05, 4.69) is 26.8 Å². The van der Waals surface area contributed by atoms with Crippen LogP contribution in [0.2, 0.25) is 0 Å². The second-order valence-electron chi connectivity index (χ2n) is 5.26. The third kappa shape index (κ3) is 2.80. The molecule has 0 spiro atoms. The average Bonchev–Trinajstić information content (AvgIpc) is 3.19. The van der Waals surface area contributed by atoms with Crippen molar-refractivity contribution in [3.05, 3.63) is 60.0 Å². The van der Waals surface area contributed by atoms with E-state index >= 15 is 0 Å². The van der Waals surface area contributed by atoms with Crippen molar-refractivity contribution in [1.29, 1.82) is 0 Å². The zero-order valence-corrected chi connectivity index (χ0v) is 13.4. The number of thiophene rings is 1. The molecule has 0 fully saturated rings. The molecule has 4 heterocycles. The number of aryl methyl sites for hydroxylation is 1. The minimum Gasteiger partial charge on any atom is -0.364 e. The van der Waals surface area contributed by atoms with Crippen molar-refractivity contribution in [3.8, 4) is 11.1 Å². The third-order valence-corrected chi connectivity index (χ3v) is 4.56. The Bertz CT molecular complexity index is 942. The minimum atomic E-state index is 0.661. The fourth-order valence-electron chi connectivity index (χ4n) is 2.49. The quantitative estimate of drug-likeness (QED) is 0.622. The molecule has 0 amide bonds. The summed E-state index contributed by atoms with van der Waals surface area (Å²) in [5.41, 5.74) is 4.30. The number of fused-ring (bicyclic) bond motifs is 1. The highest BCUT2D eigenvalue weighted by molar-refractivity contribution is 7.17. The van der Waals surface area contributed by atoms with Crippen molar-refractivity contribution in [2.24, 2.45) is 7.05 Å². The molecular formula is C17H15N5S. The molecule has 0 aliphatic heterocycles. The molecule has 0 aliphatic rings. The Kier molecular flexibility index (Phi) is 3.51. The van der Waals surface area contributed by atoms with Gasteiger partial charge in [-0.25, -0.2) is 4.98 Å². The number of nitrogens with zero attached hydrogens (tertiary/aromatic N) is 4. The summed E-state index contributed by atoms with van der Waals surface area (Å²) in [5, 5.41) is 9.85. The highest BCUT2D eigenvalue weighted by atomic mass is 32.1. The lowest BCUT2D eigenvalue weighted by molar-refractivity contribution is 0.747. The molecule has 0 saturated heterocycles. The van der Waals surface area contributed by atoms with Crippen molar-refractivity contribution in [1.82, 2.24) is 19.7 Å². The summed E-state index contributed by atoms with van der Waals surface area (Å²) in [6.07, 6.45) is 5.55. The zero-order valence-electron chi connectivity index (χ0n) is 12.6. The van der Waals surface area contributed by atoms with E-state index in [9.17, 15) is 0 Å². The molecule has 23 heavy (non-hydrogen) atoms. The van der Waals surface area contributed by atoms with Crippen molar-refractivity contribution >= 4 is 27.4 Å². The molecule has 4 aromatic heterocycles. The number of aromatic nitrogens is 4. The predicted octanol–water partition coefficient (Wildman–Crippen LogP) is 3.70. The second-order valence-corrected chi connectivity index (χ2v) is 6.17. The Labute approximate surface area is 137 Å². The van der Waals surface area contributed by atoms with Crippen LogP contribution in [0.15, 0.2) is 54.3 Å². The second kappa shape index (κ2) is 5.81. The number of hydrogen-bond donors (Lipinski definition) is 1. The zero-order chi connectivity index (χ0) is 15.6. The molecule has 4 rings (SSSR count). The maximum atomic E-state index is 4.78. The van der Waals surface area contributed by atoms with Crippen LogP contribution in [0.3, 0.4) is 0 Å². The van der Waals surface area contributed by atoms with Crippen LogP contribution in [0, 0.1) is 0 Å². The van der Waals surface area contributed by atoms with Gasteiger partial charge in [-0.1, -0.05) is 0 Å². The highest BCUT2D eigenvalue weighted by Crippen LogP contribution is 2.33. The standard InChI is InChI=1S/C17H15N5S/c1-22-9-6-13(21-22)10-19-16-3-2-15-17(20-16)14(11-23-15)12-4-7-18-8-5-12/h2-9,11H,10H2,1H3,(H,19,20). The lowest BCUT2D eigenvalue weighted by Crippen LogP contribution is -2.02. The predicted molar refractivity (Wildman–Crippen MR) is 93.4 cm³/mol. The number of anilines is 1. The number of rotatable bonds is 4. The molecule has 0 bridgehead atoms. The summed E-state index contributed by atoms with van der Waals surface area (Å²) in [7, 11) is 1.92. The lowest BCUT2D eigenvalue weighted by Gasteiger charge is -2.05. The van der Waals surface area contributed by atoms with Crippen LogP contribution in [0.5, 0.6) is 0 Å². The van der Waals surface area contributed by atoms with Gasteiger partial charge in [0.15, 0.2) is 0 Å². The molecule has 114 valence electrons. The van der Waals surface area contributed by atoms with Crippen LogP contribution in [-0.4, -0.2) is 19.7 Å². The topological polar surface area (TPSA) is 55.6 Å². The van der Waals surface area contributed by atoms with E-state index in [4.69, 9.17) is 4.98 Å². The van der Waals surface area contributed by atoms with Gasteiger partial charge >= 0.3 is 0 Å². The van der Waals surface area contributed by atoms with Gasteiger partial charge in [0.25, 0.3) is 0 Å². The molecule has 0 radical (unpaired) electrons. The first kappa shape index (κ1) is 13.9. The van der Waals surface area contributed by atoms with Crippen LogP contribution < -0.4 is 5.32 Å². The van der Waals surface area contributed by atoms with E-state index in [1.54, 1.807) is 16.0 Å². The van der Waals surface area contributed by atoms with Crippen LogP contribution in [0.4, 0.5) is 5.82 Å². The molecule has 4 aromatic rings. The Morgan fingerprint density at radius 2 is 2.00 bits per heavy atom. The average molecular weight is 321 g/mol. The fraction of sp³-hybridized carbons (Fsp3) is 0.118. The maximum Gasteiger partial charge on any atom is 0.127 e. The molecule has 0 unspecified atom stereocenters. The van der Waals surface area contributed by atoms with Crippen LogP contribution in [-0.2, 0) is 13.6 Å². The van der Waals surface area contributed by atoms with E-state index in [0.29, 0.717) is 6.54 Å². The van der Waals surface area contributed by atoms with Crippen molar-refractivity contribution in [3.63, 3.8) is 0 Å². The summed E-state index contributed by atoms with van der Waals surface area (Å²) in [6, 6.07) is 10.1. The third-order valence-electron chi connectivity index (χ3n) is 3.63. The van der Waals surface area contributed by atoms with Gasteiger partial charge in [-0.05, 0) is 35.9 Å². The summed E-state index contributed by atoms with van der Waals surface area (Å²) < 4.78 is 2.98. The summed E-state index contributed by atoms with van der Waals surface area (Å²) in [6.45, 7) is 0.661. The monoisotopic (exact) mass is 321 g/mol. The molecule has 0 aliphatic carbocycles. The first-order chi connectivity index (χ1) is 11.3. The molecule has 0 aromatic carbocycles. The smallest absolute Gasteiger partial charge is 0.127 e. The van der Waals surface area contributed by atoms with Crippen molar-refractivity contribution in [2.75, 3.05) is 5.32 Å². The van der Waals surface area contributed by atoms with Gasteiger partial charge in [-0.15, -0.1) is 11.3 Å². The minimum absolute atomic E-state index is 0.661. The Morgan fingerprint density at radius 3 is 2.78 bits per heavy atom. The molecule has 1 N–H and O–H groups in total. The van der Waals surface area contributed by atoms with E-state index in [1.807, 2.05) is 49.9 Å². The Hall–Kier alpha value is -2.73. The summed E-state index contributed by atoms with van der Waals surface area (Å²) in [4.78, 5) is 8.86. The lowest BCUT2D eigenvalue weighted by atomic mass is 10.1.